The minimum Gasteiger partial charge on any atom is -0.354 e. The summed E-state index contributed by atoms with van der Waals surface area (Å²) >= 11 is 0. The van der Waals surface area contributed by atoms with Crippen LogP contribution in [-0.4, -0.2) is 33.2 Å². The van der Waals surface area contributed by atoms with E-state index in [-0.39, 0.29) is 0 Å². The van der Waals surface area contributed by atoms with Gasteiger partial charge in [0.1, 0.15) is 5.69 Å². The monoisotopic (exact) mass is 259 g/mol. The molecule has 1 unspecified atom stereocenters. The summed E-state index contributed by atoms with van der Waals surface area (Å²) in [5.74, 6) is 1.40. The lowest BCUT2D eigenvalue weighted by molar-refractivity contribution is 0.339. The third-order valence-electron chi connectivity index (χ3n) is 3.97. The Hall–Kier alpha value is -1.69. The van der Waals surface area contributed by atoms with Gasteiger partial charge in [0.15, 0.2) is 5.76 Å². The first-order valence-corrected chi connectivity index (χ1v) is 7.00. The van der Waals surface area contributed by atoms with Gasteiger partial charge in [-0.05, 0) is 32.2 Å². The van der Waals surface area contributed by atoms with Gasteiger partial charge in [0.25, 0.3) is 0 Å². The summed E-state index contributed by atoms with van der Waals surface area (Å²) in [6.07, 6.45) is 6.54. The van der Waals surface area contributed by atoms with Crippen molar-refractivity contribution in [1.29, 1.82) is 0 Å². The highest BCUT2D eigenvalue weighted by atomic mass is 16.5. The quantitative estimate of drug-likeness (QED) is 0.909. The van der Waals surface area contributed by atoms with Gasteiger partial charge in [-0.15, -0.1) is 5.10 Å². The van der Waals surface area contributed by atoms with Crippen LogP contribution in [0.1, 0.15) is 43.3 Å². The van der Waals surface area contributed by atoms with Crippen molar-refractivity contribution < 1.29 is 4.52 Å². The highest BCUT2D eigenvalue weighted by Crippen LogP contribution is 2.40. The smallest absolute Gasteiger partial charge is 0.186 e. The maximum atomic E-state index is 5.47. The standard InChI is InChI=1S/C13H17N5O/c1-2-10(7-14-5-1)18-12(8-15-17-18)13-6-11(16-19-13)9-3-4-9/h6,8-10,14H,1-5,7H2. The largest absolute Gasteiger partial charge is 0.354 e. The van der Waals surface area contributed by atoms with E-state index in [1.165, 1.54) is 19.3 Å². The predicted octanol–water partition coefficient (Wildman–Crippen LogP) is 1.73. The third-order valence-corrected chi connectivity index (χ3v) is 3.97. The van der Waals surface area contributed by atoms with E-state index in [2.05, 4.69) is 20.8 Å². The highest BCUT2D eigenvalue weighted by Gasteiger charge is 2.28. The van der Waals surface area contributed by atoms with E-state index in [1.54, 1.807) is 6.20 Å². The Labute approximate surface area is 111 Å². The molecule has 0 spiro atoms. The Morgan fingerprint density at radius 2 is 2.26 bits per heavy atom. The zero-order chi connectivity index (χ0) is 12.7. The first kappa shape index (κ1) is 11.2. The minimum atomic E-state index is 0.362. The van der Waals surface area contributed by atoms with E-state index < -0.39 is 0 Å². The molecular weight excluding hydrogens is 242 g/mol. The number of nitrogens with one attached hydrogen (secondary N) is 1. The van der Waals surface area contributed by atoms with Crippen LogP contribution in [0.5, 0.6) is 0 Å². The third kappa shape index (κ3) is 2.06. The Bertz CT molecular complexity index is 565. The number of hydrogen-bond donors (Lipinski definition) is 1. The molecule has 1 N–H and O–H groups in total. The van der Waals surface area contributed by atoms with Crippen LogP contribution in [-0.2, 0) is 0 Å². The fraction of sp³-hybridized carbons (Fsp3) is 0.615. The lowest BCUT2D eigenvalue weighted by atomic mass is 10.1. The molecule has 1 saturated heterocycles. The Balaban J connectivity index is 1.64. The molecule has 0 amide bonds. The van der Waals surface area contributed by atoms with Gasteiger partial charge in [-0.25, -0.2) is 4.68 Å². The average molecular weight is 259 g/mol. The molecule has 1 saturated carbocycles. The summed E-state index contributed by atoms with van der Waals surface area (Å²) in [5, 5.41) is 15.8. The maximum absolute atomic E-state index is 5.47. The van der Waals surface area contributed by atoms with Crippen LogP contribution < -0.4 is 5.32 Å². The summed E-state index contributed by atoms with van der Waals surface area (Å²) in [6.45, 7) is 2.04. The maximum Gasteiger partial charge on any atom is 0.186 e. The van der Waals surface area contributed by atoms with Crippen LogP contribution in [0.2, 0.25) is 0 Å². The molecule has 2 aliphatic rings. The molecule has 6 heteroatoms. The van der Waals surface area contributed by atoms with Crippen LogP contribution in [0.25, 0.3) is 11.5 Å². The van der Waals surface area contributed by atoms with Crippen molar-refractivity contribution in [3.05, 3.63) is 18.0 Å². The average Bonchev–Trinajstić information content (AvgIpc) is 3.02. The molecule has 1 atom stereocenters. The minimum absolute atomic E-state index is 0.362. The van der Waals surface area contributed by atoms with Gasteiger partial charge in [-0.2, -0.15) is 0 Å². The predicted molar refractivity (Wildman–Crippen MR) is 68.6 cm³/mol. The molecule has 100 valence electrons. The fourth-order valence-corrected chi connectivity index (χ4v) is 2.71. The molecule has 6 nitrogen and oxygen atoms in total. The van der Waals surface area contributed by atoms with Gasteiger partial charge in [0.2, 0.25) is 0 Å². The second kappa shape index (κ2) is 4.45. The van der Waals surface area contributed by atoms with Crippen molar-refractivity contribution in [1.82, 2.24) is 25.5 Å². The molecule has 4 rings (SSSR count). The number of nitrogens with zero attached hydrogens (tertiary/aromatic N) is 4. The van der Waals surface area contributed by atoms with Crippen LogP contribution >= 0.6 is 0 Å². The van der Waals surface area contributed by atoms with E-state index in [1.807, 2.05) is 10.7 Å². The van der Waals surface area contributed by atoms with E-state index in [4.69, 9.17) is 4.52 Å². The van der Waals surface area contributed by atoms with Gasteiger partial charge >= 0.3 is 0 Å². The zero-order valence-corrected chi connectivity index (χ0v) is 10.7. The molecule has 0 aromatic carbocycles. The normalized spacial score (nSPS) is 23.7. The Morgan fingerprint density at radius 1 is 1.32 bits per heavy atom. The molecule has 0 bridgehead atoms. The van der Waals surface area contributed by atoms with Crippen molar-refractivity contribution in [2.45, 2.75) is 37.6 Å². The van der Waals surface area contributed by atoms with Gasteiger partial charge in [-0.3, -0.25) is 0 Å². The lowest BCUT2D eigenvalue weighted by Gasteiger charge is -2.23. The zero-order valence-electron chi connectivity index (χ0n) is 10.7. The van der Waals surface area contributed by atoms with E-state index in [0.717, 1.165) is 36.7 Å². The summed E-state index contributed by atoms with van der Waals surface area (Å²) in [7, 11) is 0. The number of hydrogen-bond acceptors (Lipinski definition) is 5. The van der Waals surface area contributed by atoms with Crippen molar-refractivity contribution in [3.8, 4) is 11.5 Å². The topological polar surface area (TPSA) is 68.8 Å². The first-order chi connectivity index (χ1) is 9.42. The van der Waals surface area contributed by atoms with E-state index >= 15 is 0 Å². The van der Waals surface area contributed by atoms with Crippen molar-refractivity contribution >= 4 is 0 Å². The molecule has 0 radical (unpaired) electrons. The molecule has 2 aromatic rings. The molecule has 1 aliphatic heterocycles. The molecular formula is C13H17N5O. The second-order valence-electron chi connectivity index (χ2n) is 5.45. The molecule has 2 fully saturated rings. The highest BCUT2D eigenvalue weighted by molar-refractivity contribution is 5.51. The molecule has 1 aliphatic carbocycles. The van der Waals surface area contributed by atoms with Crippen LogP contribution in [0.3, 0.4) is 0 Å². The lowest BCUT2D eigenvalue weighted by Crippen LogP contribution is -2.32. The summed E-state index contributed by atoms with van der Waals surface area (Å²) in [4.78, 5) is 0. The summed E-state index contributed by atoms with van der Waals surface area (Å²) in [5.41, 5.74) is 2.01. The first-order valence-electron chi connectivity index (χ1n) is 7.00. The molecule has 3 heterocycles. The Morgan fingerprint density at radius 3 is 3.05 bits per heavy atom. The van der Waals surface area contributed by atoms with Crippen LogP contribution in [0.15, 0.2) is 16.8 Å². The summed E-state index contributed by atoms with van der Waals surface area (Å²) < 4.78 is 7.45. The Kier molecular flexibility index (Phi) is 2.61. The van der Waals surface area contributed by atoms with Crippen molar-refractivity contribution in [2.24, 2.45) is 0 Å². The van der Waals surface area contributed by atoms with Gasteiger partial charge in [-0.1, -0.05) is 10.4 Å². The van der Waals surface area contributed by atoms with Gasteiger partial charge in [0.05, 0.1) is 17.9 Å². The van der Waals surface area contributed by atoms with Crippen molar-refractivity contribution in [3.63, 3.8) is 0 Å². The molecule has 2 aromatic heterocycles. The van der Waals surface area contributed by atoms with Crippen LogP contribution in [0.4, 0.5) is 0 Å². The second-order valence-corrected chi connectivity index (χ2v) is 5.45. The van der Waals surface area contributed by atoms with Crippen LogP contribution in [0, 0.1) is 0 Å². The fourth-order valence-electron chi connectivity index (χ4n) is 2.71. The number of aromatic nitrogens is 4. The van der Waals surface area contributed by atoms with E-state index in [9.17, 15) is 0 Å². The van der Waals surface area contributed by atoms with Gasteiger partial charge in [0, 0.05) is 18.5 Å². The van der Waals surface area contributed by atoms with Gasteiger partial charge < -0.3 is 9.84 Å². The number of rotatable bonds is 3. The molecule has 19 heavy (non-hydrogen) atoms. The van der Waals surface area contributed by atoms with Crippen molar-refractivity contribution in [2.75, 3.05) is 13.1 Å². The summed E-state index contributed by atoms with van der Waals surface area (Å²) in [6, 6.07) is 2.41. The number of piperidine rings is 1. The van der Waals surface area contributed by atoms with E-state index in [0.29, 0.717) is 12.0 Å². The SMILES string of the molecule is c1c(C2CC2)noc1-c1cnnn1C1CCCNC1.